The summed E-state index contributed by atoms with van der Waals surface area (Å²) in [5.41, 5.74) is 0. The van der Waals surface area contributed by atoms with E-state index in [1.165, 1.54) is 116 Å². The van der Waals surface area contributed by atoms with Crippen molar-refractivity contribution in [3.63, 3.8) is 0 Å². The minimum absolute atomic E-state index is 0.0911. The van der Waals surface area contributed by atoms with E-state index in [0.29, 0.717) is 19.3 Å². The molecule has 0 saturated heterocycles. The first-order valence-corrected chi connectivity index (χ1v) is 33.7. The van der Waals surface area contributed by atoms with Crippen molar-refractivity contribution in [3.8, 4) is 0 Å². The van der Waals surface area contributed by atoms with Crippen molar-refractivity contribution in [1.82, 2.24) is 0 Å². The monoisotopic (exact) mass is 1120 g/mol. The molecule has 0 aromatic heterocycles. The maximum Gasteiger partial charge on any atom is 0.306 e. The second-order valence-corrected chi connectivity index (χ2v) is 22.0. The van der Waals surface area contributed by atoms with Crippen molar-refractivity contribution >= 4 is 17.9 Å². The first-order chi connectivity index (χ1) is 40.0. The number of ether oxygens (including phenoxy) is 3. The third kappa shape index (κ3) is 66.2. The van der Waals surface area contributed by atoms with E-state index in [-0.39, 0.29) is 31.1 Å². The Morgan fingerprint density at radius 1 is 0.259 bits per heavy atom. The summed E-state index contributed by atoms with van der Waals surface area (Å²) in [5.74, 6) is -0.920. The maximum atomic E-state index is 12.9. The van der Waals surface area contributed by atoms with Crippen LogP contribution in [-0.4, -0.2) is 37.2 Å². The van der Waals surface area contributed by atoms with E-state index in [2.05, 4.69) is 154 Å². The van der Waals surface area contributed by atoms with E-state index in [9.17, 15) is 14.4 Å². The Bertz CT molecular complexity index is 1720. The number of hydrogen-bond acceptors (Lipinski definition) is 6. The summed E-state index contributed by atoms with van der Waals surface area (Å²) in [6.45, 7) is 6.41. The van der Waals surface area contributed by atoms with Gasteiger partial charge in [0.25, 0.3) is 0 Å². The molecule has 0 radical (unpaired) electrons. The predicted molar refractivity (Wildman–Crippen MR) is 353 cm³/mol. The van der Waals surface area contributed by atoms with Crippen molar-refractivity contribution < 1.29 is 28.6 Å². The highest BCUT2D eigenvalue weighted by atomic mass is 16.6. The molecular formula is C75H124O6. The third-order valence-electron chi connectivity index (χ3n) is 14.2. The molecule has 0 bridgehead atoms. The van der Waals surface area contributed by atoms with Gasteiger partial charge in [0.15, 0.2) is 6.10 Å². The Hall–Kier alpha value is -4.45. The van der Waals surface area contributed by atoms with Gasteiger partial charge in [0.2, 0.25) is 0 Å². The molecule has 0 fully saturated rings. The number of rotatable bonds is 60. The number of hydrogen-bond donors (Lipinski definition) is 0. The zero-order chi connectivity index (χ0) is 58.5. The van der Waals surface area contributed by atoms with Crippen LogP contribution in [0, 0.1) is 0 Å². The molecule has 0 N–H and O–H groups in total. The molecule has 0 heterocycles. The Labute approximate surface area is 500 Å². The lowest BCUT2D eigenvalue weighted by Gasteiger charge is -2.18. The summed E-state index contributed by atoms with van der Waals surface area (Å²) >= 11 is 0. The molecule has 0 rings (SSSR count). The smallest absolute Gasteiger partial charge is 0.306 e. The van der Waals surface area contributed by atoms with E-state index in [4.69, 9.17) is 14.2 Å². The number of allylic oxidation sites excluding steroid dienone is 22. The van der Waals surface area contributed by atoms with Crippen molar-refractivity contribution in [2.24, 2.45) is 0 Å². The van der Waals surface area contributed by atoms with Gasteiger partial charge in [-0.1, -0.05) is 302 Å². The summed E-state index contributed by atoms with van der Waals surface area (Å²) in [7, 11) is 0. The second kappa shape index (κ2) is 68.1. The minimum Gasteiger partial charge on any atom is -0.462 e. The zero-order valence-electron chi connectivity index (χ0n) is 52.8. The number of unbranched alkanes of at least 4 members (excludes halogenated alkanes) is 27. The lowest BCUT2D eigenvalue weighted by Crippen LogP contribution is -2.30. The summed E-state index contributed by atoms with van der Waals surface area (Å²) < 4.78 is 16.9. The largest absolute Gasteiger partial charge is 0.462 e. The van der Waals surface area contributed by atoms with E-state index < -0.39 is 6.10 Å². The summed E-state index contributed by atoms with van der Waals surface area (Å²) in [6, 6.07) is 0. The highest BCUT2D eigenvalue weighted by Crippen LogP contribution is 2.16. The quantitative estimate of drug-likeness (QED) is 0.0261. The fraction of sp³-hybridized carbons (Fsp3) is 0.667. The summed E-state index contributed by atoms with van der Waals surface area (Å²) in [5, 5.41) is 0. The van der Waals surface area contributed by atoms with Crippen LogP contribution in [0.4, 0.5) is 0 Å². The van der Waals surface area contributed by atoms with E-state index >= 15 is 0 Å². The number of carbonyl (C=O) groups excluding carboxylic acids is 3. The van der Waals surface area contributed by atoms with Gasteiger partial charge in [-0.3, -0.25) is 14.4 Å². The van der Waals surface area contributed by atoms with Gasteiger partial charge in [-0.2, -0.15) is 0 Å². The fourth-order valence-electron chi connectivity index (χ4n) is 9.18. The molecule has 0 aliphatic rings. The Morgan fingerprint density at radius 3 is 0.753 bits per heavy atom. The highest BCUT2D eigenvalue weighted by Gasteiger charge is 2.19. The molecule has 0 saturated carbocycles. The average Bonchev–Trinajstić information content (AvgIpc) is 3.47. The molecule has 6 nitrogen and oxygen atoms in total. The normalized spacial score (nSPS) is 13.0. The van der Waals surface area contributed by atoms with Crippen LogP contribution in [0.25, 0.3) is 0 Å². The summed E-state index contributed by atoms with van der Waals surface area (Å²) in [4.78, 5) is 38.4. The van der Waals surface area contributed by atoms with Gasteiger partial charge < -0.3 is 14.2 Å². The van der Waals surface area contributed by atoms with Crippen LogP contribution in [0.3, 0.4) is 0 Å². The van der Waals surface area contributed by atoms with Gasteiger partial charge >= 0.3 is 17.9 Å². The standard InChI is InChI=1S/C75H124O6/c1-4-7-10-13-16-19-22-25-28-31-32-33-34-35-36-37-38-39-40-41-42-45-47-50-53-56-59-62-65-68-74(77)80-71-72(81-75(78)69-66-63-60-57-54-51-48-44-30-27-24-21-18-15-12-9-6-3)70-79-73(76)67-64-61-58-55-52-49-46-43-29-26-23-20-17-14-11-8-5-2/h7,9-10,12,16,18-19,21,25,27-28,30,32-33,35-36,38-39,41-42,47,50,72H,4-6,8,11,13-15,17,20,22-24,26,29,31,34,37,40,43-46,48-49,51-71H2,1-3H3/b10-7-,12-9-,19-16-,21-18-,28-25-,30-27-,33-32-,36-35-,39-38-,42-41-,50-47-. The molecular weight excluding hydrogens is 997 g/mol. The van der Waals surface area contributed by atoms with Crippen LogP contribution >= 0.6 is 0 Å². The SMILES string of the molecule is CC/C=C\C/C=C\C/C=C\C/C=C\C/C=C\C/C=C\C/C=C\C/C=C\CCCCCCC(=O)OCC(COC(=O)CCCCCCCCCCCCCCCCCCC)OC(=O)CCCCCCCCC/C=C\C/C=C\C/C=C\CC. The number of esters is 3. The fourth-order valence-corrected chi connectivity index (χ4v) is 9.18. The zero-order valence-corrected chi connectivity index (χ0v) is 52.8. The van der Waals surface area contributed by atoms with Gasteiger partial charge in [0.05, 0.1) is 0 Å². The molecule has 81 heavy (non-hydrogen) atoms. The van der Waals surface area contributed by atoms with Crippen molar-refractivity contribution in [3.05, 3.63) is 134 Å². The maximum absolute atomic E-state index is 12.9. The van der Waals surface area contributed by atoms with Crippen molar-refractivity contribution in [2.75, 3.05) is 13.2 Å². The molecule has 1 atom stereocenters. The van der Waals surface area contributed by atoms with Crippen molar-refractivity contribution in [2.45, 2.75) is 309 Å². The first-order valence-electron chi connectivity index (χ1n) is 33.7. The molecule has 0 aliphatic carbocycles. The average molecular weight is 1120 g/mol. The first kappa shape index (κ1) is 76.5. The van der Waals surface area contributed by atoms with Crippen LogP contribution in [0.5, 0.6) is 0 Å². The van der Waals surface area contributed by atoms with E-state index in [0.717, 1.165) is 148 Å². The van der Waals surface area contributed by atoms with Crippen molar-refractivity contribution in [1.29, 1.82) is 0 Å². The lowest BCUT2D eigenvalue weighted by molar-refractivity contribution is -0.167. The summed E-state index contributed by atoms with van der Waals surface area (Å²) in [6.07, 6.45) is 96.0. The van der Waals surface area contributed by atoms with Crippen LogP contribution in [0.2, 0.25) is 0 Å². The van der Waals surface area contributed by atoms with Gasteiger partial charge in [-0.15, -0.1) is 0 Å². The molecule has 0 spiro atoms. The minimum atomic E-state index is -0.799. The topological polar surface area (TPSA) is 78.9 Å². The van der Waals surface area contributed by atoms with Gasteiger partial charge in [-0.05, 0) is 116 Å². The molecule has 1 unspecified atom stereocenters. The molecule has 6 heteroatoms. The number of carbonyl (C=O) groups is 3. The van der Waals surface area contributed by atoms with E-state index in [1.807, 2.05) is 0 Å². The highest BCUT2D eigenvalue weighted by molar-refractivity contribution is 5.71. The molecule has 0 amide bonds. The third-order valence-corrected chi connectivity index (χ3v) is 14.2. The van der Waals surface area contributed by atoms with Crippen LogP contribution in [0.15, 0.2) is 134 Å². The van der Waals surface area contributed by atoms with Gasteiger partial charge in [0, 0.05) is 19.3 Å². The van der Waals surface area contributed by atoms with Gasteiger partial charge in [-0.25, -0.2) is 0 Å². The molecule has 0 aromatic rings. The Kier molecular flexibility index (Phi) is 64.3. The molecule has 460 valence electrons. The lowest BCUT2D eigenvalue weighted by atomic mass is 10.0. The Morgan fingerprint density at radius 2 is 0.481 bits per heavy atom. The van der Waals surface area contributed by atoms with Crippen LogP contribution in [-0.2, 0) is 28.6 Å². The van der Waals surface area contributed by atoms with E-state index in [1.54, 1.807) is 0 Å². The molecule has 0 aliphatic heterocycles. The van der Waals surface area contributed by atoms with Crippen LogP contribution in [0.1, 0.15) is 303 Å². The Balaban J connectivity index is 4.42. The van der Waals surface area contributed by atoms with Gasteiger partial charge in [0.1, 0.15) is 13.2 Å². The second-order valence-electron chi connectivity index (χ2n) is 22.0. The predicted octanol–water partition coefficient (Wildman–Crippen LogP) is 23.3. The van der Waals surface area contributed by atoms with Crippen LogP contribution < -0.4 is 0 Å². The molecule has 0 aromatic carbocycles.